The molecule has 6 aliphatic rings. The maximum Gasteiger partial charge on any atom is 0.0726 e. The normalized spacial score (nSPS) is 20.2. The van der Waals surface area contributed by atoms with E-state index in [0.29, 0.717) is 5.92 Å². The largest absolute Gasteiger partial charge is 0.310 e. The lowest BCUT2D eigenvalue weighted by molar-refractivity contribution is 0.327. The van der Waals surface area contributed by atoms with E-state index >= 15 is 0 Å². The predicted molar refractivity (Wildman–Crippen MR) is 309 cm³/mol. The molecule has 362 valence electrons. The molecule has 9 aromatic carbocycles. The number of fused-ring (bicyclic) bond motifs is 21. The average Bonchev–Trinajstić information content (AvgIpc) is 4.28. The van der Waals surface area contributed by atoms with Crippen LogP contribution in [0.25, 0.3) is 55.6 Å². The number of nitrogens with zero attached hydrogens (tertiary/aromatic N) is 1. The van der Waals surface area contributed by atoms with Crippen molar-refractivity contribution in [2.75, 3.05) is 4.90 Å². The van der Waals surface area contributed by atoms with E-state index in [1.807, 2.05) is 0 Å². The molecular formula is C73H65N. The van der Waals surface area contributed by atoms with E-state index in [9.17, 15) is 0 Å². The standard InChI is InChI=1S/C73H65N/c1-69(2,3)46-29-33-57-58-34-30-47(70(4,5)6)40-66(58)73(65(57)39-46)63-26-14-11-20-54(63)59-36-32-51(42-67(59)73)74(50-31-35-56-53-19-10-13-25-62(53)72(64(56)41-50)43-44-27-28-48(72)37-44)49-18-15-17-45(38-49)52-22-16-23-60-55-21-9-12-24-61(55)71(7,8)68(52)60/h9-26,29-36,38-42,44,48H,27-28,37,43H2,1-8H3. The van der Waals surface area contributed by atoms with Crippen LogP contribution in [0, 0.1) is 11.8 Å². The third-order valence-corrected chi connectivity index (χ3v) is 19.4. The zero-order chi connectivity index (χ0) is 50.3. The van der Waals surface area contributed by atoms with E-state index < -0.39 is 5.41 Å². The Labute approximate surface area is 439 Å². The molecule has 0 amide bonds. The van der Waals surface area contributed by atoms with Crippen molar-refractivity contribution in [2.45, 2.75) is 108 Å². The maximum atomic E-state index is 2.64. The highest BCUT2D eigenvalue weighted by molar-refractivity contribution is 5.98. The minimum atomic E-state index is -0.513. The second-order valence-electron chi connectivity index (χ2n) is 25.7. The number of anilines is 3. The molecule has 2 saturated carbocycles. The Hall–Kier alpha value is -7.22. The van der Waals surface area contributed by atoms with Gasteiger partial charge < -0.3 is 4.90 Å². The molecule has 15 rings (SSSR count). The number of rotatable bonds is 4. The van der Waals surface area contributed by atoms with Gasteiger partial charge in [-0.25, -0.2) is 0 Å². The van der Waals surface area contributed by atoms with Crippen LogP contribution in [0.4, 0.5) is 17.1 Å². The molecule has 2 fully saturated rings. The zero-order valence-electron chi connectivity index (χ0n) is 44.3. The molecule has 0 aromatic heterocycles. The first kappa shape index (κ1) is 44.3. The first-order valence-electron chi connectivity index (χ1n) is 27.6. The third kappa shape index (κ3) is 5.77. The molecule has 1 nitrogen and oxygen atoms in total. The van der Waals surface area contributed by atoms with Crippen LogP contribution in [-0.4, -0.2) is 0 Å². The van der Waals surface area contributed by atoms with E-state index in [4.69, 9.17) is 0 Å². The molecule has 1 heteroatoms. The first-order valence-corrected chi connectivity index (χ1v) is 27.6. The quantitative estimate of drug-likeness (QED) is 0.170. The molecule has 9 aromatic rings. The van der Waals surface area contributed by atoms with Gasteiger partial charge in [0.2, 0.25) is 0 Å². The van der Waals surface area contributed by atoms with Gasteiger partial charge in [0, 0.05) is 27.9 Å². The van der Waals surface area contributed by atoms with Crippen molar-refractivity contribution >= 4 is 17.1 Å². The van der Waals surface area contributed by atoms with Gasteiger partial charge in [-0.2, -0.15) is 0 Å². The Morgan fingerprint density at radius 3 is 1.47 bits per heavy atom. The second kappa shape index (κ2) is 15.0. The van der Waals surface area contributed by atoms with Crippen molar-refractivity contribution in [3.63, 3.8) is 0 Å². The summed E-state index contributed by atoms with van der Waals surface area (Å²) >= 11 is 0. The molecule has 0 aliphatic heterocycles. The van der Waals surface area contributed by atoms with E-state index in [2.05, 4.69) is 248 Å². The topological polar surface area (TPSA) is 3.24 Å². The second-order valence-corrected chi connectivity index (χ2v) is 25.7. The number of benzene rings is 9. The van der Waals surface area contributed by atoms with Gasteiger partial charge in [0.1, 0.15) is 0 Å². The summed E-state index contributed by atoms with van der Waals surface area (Å²) in [4.78, 5) is 2.63. The molecule has 0 heterocycles. The monoisotopic (exact) mass is 956 g/mol. The number of hydrogen-bond acceptors (Lipinski definition) is 1. The first-order chi connectivity index (χ1) is 35.7. The molecule has 0 N–H and O–H groups in total. The molecule has 2 spiro atoms. The summed E-state index contributed by atoms with van der Waals surface area (Å²) in [6.45, 7) is 19.0. The van der Waals surface area contributed by atoms with E-state index in [-0.39, 0.29) is 21.7 Å². The fraction of sp³-hybridized carbons (Fsp3) is 0.260. The van der Waals surface area contributed by atoms with Crippen LogP contribution in [0.5, 0.6) is 0 Å². The summed E-state index contributed by atoms with van der Waals surface area (Å²) in [5, 5.41) is 0. The van der Waals surface area contributed by atoms with Crippen molar-refractivity contribution in [3.8, 4) is 55.6 Å². The summed E-state index contributed by atoms with van der Waals surface area (Å²) in [5.41, 5.74) is 30.6. The fourth-order valence-electron chi connectivity index (χ4n) is 16.1. The Morgan fingerprint density at radius 1 is 0.392 bits per heavy atom. The van der Waals surface area contributed by atoms with Gasteiger partial charge in [0.25, 0.3) is 0 Å². The van der Waals surface area contributed by atoms with Gasteiger partial charge in [-0.15, -0.1) is 0 Å². The molecule has 0 saturated heterocycles. The third-order valence-electron chi connectivity index (χ3n) is 19.4. The van der Waals surface area contributed by atoms with Crippen LogP contribution >= 0.6 is 0 Å². The van der Waals surface area contributed by atoms with Crippen molar-refractivity contribution in [1.29, 1.82) is 0 Å². The maximum absolute atomic E-state index is 2.64. The molecule has 2 bridgehead atoms. The van der Waals surface area contributed by atoms with Gasteiger partial charge >= 0.3 is 0 Å². The molecule has 0 radical (unpaired) electrons. The summed E-state index contributed by atoms with van der Waals surface area (Å²) in [6, 6.07) is 74.2. The lowest BCUT2D eigenvalue weighted by Gasteiger charge is -2.37. The van der Waals surface area contributed by atoms with E-state index in [1.165, 1.54) is 148 Å². The van der Waals surface area contributed by atoms with Crippen LogP contribution in [-0.2, 0) is 27.1 Å². The van der Waals surface area contributed by atoms with Gasteiger partial charge in [0.15, 0.2) is 0 Å². The summed E-state index contributed by atoms with van der Waals surface area (Å²) in [5.74, 6) is 1.47. The van der Waals surface area contributed by atoms with Crippen LogP contribution in [0.15, 0.2) is 188 Å². The Balaban J connectivity index is 0.991. The molecule has 3 atom stereocenters. The Kier molecular flexibility index (Phi) is 8.96. The van der Waals surface area contributed by atoms with Gasteiger partial charge in [-0.05, 0) is 190 Å². The van der Waals surface area contributed by atoms with Crippen molar-refractivity contribution in [3.05, 3.63) is 244 Å². The van der Waals surface area contributed by atoms with Crippen molar-refractivity contribution in [2.24, 2.45) is 11.8 Å². The highest BCUT2D eigenvalue weighted by Crippen LogP contribution is 2.67. The highest BCUT2D eigenvalue weighted by atomic mass is 15.1. The van der Waals surface area contributed by atoms with Crippen molar-refractivity contribution < 1.29 is 0 Å². The lowest BCUT2D eigenvalue weighted by Crippen LogP contribution is -2.32. The van der Waals surface area contributed by atoms with Crippen LogP contribution in [0.2, 0.25) is 0 Å². The highest BCUT2D eigenvalue weighted by Gasteiger charge is 2.57. The molecule has 74 heavy (non-hydrogen) atoms. The summed E-state index contributed by atoms with van der Waals surface area (Å²) < 4.78 is 0. The van der Waals surface area contributed by atoms with E-state index in [0.717, 1.165) is 5.92 Å². The average molecular weight is 956 g/mol. The zero-order valence-corrected chi connectivity index (χ0v) is 44.3. The molecular weight excluding hydrogens is 891 g/mol. The SMILES string of the molecule is CC(C)(C)c1ccc2c(c1)C1(c3ccccc3-c3ccc(N(c4cccc(-c5cccc6c5C(C)(C)c5ccccc5-6)c4)c4ccc5c(c4)C4(CC6CCC4C6)c4ccccc4-5)cc31)c1cc(C(C)(C)C)ccc1-2. The molecule has 3 unspecified atom stereocenters. The van der Waals surface area contributed by atoms with Gasteiger partial charge in [0.05, 0.1) is 5.41 Å². The van der Waals surface area contributed by atoms with Gasteiger partial charge in [-0.1, -0.05) is 213 Å². The minimum Gasteiger partial charge on any atom is -0.310 e. The summed E-state index contributed by atoms with van der Waals surface area (Å²) in [6.07, 6.45) is 5.28. The van der Waals surface area contributed by atoms with E-state index in [1.54, 1.807) is 5.56 Å². The smallest absolute Gasteiger partial charge is 0.0726 e. The van der Waals surface area contributed by atoms with Crippen LogP contribution < -0.4 is 4.90 Å². The minimum absolute atomic E-state index is 0.0214. The lowest BCUT2D eigenvalue weighted by atomic mass is 9.67. The van der Waals surface area contributed by atoms with Gasteiger partial charge in [-0.3, -0.25) is 0 Å². The number of hydrogen-bond donors (Lipinski definition) is 0. The van der Waals surface area contributed by atoms with Crippen LogP contribution in [0.1, 0.15) is 137 Å². The Bertz CT molecular complexity index is 3820. The van der Waals surface area contributed by atoms with Crippen molar-refractivity contribution in [1.82, 2.24) is 0 Å². The summed E-state index contributed by atoms with van der Waals surface area (Å²) in [7, 11) is 0. The van der Waals surface area contributed by atoms with Crippen LogP contribution in [0.3, 0.4) is 0 Å². The molecule has 6 aliphatic carbocycles. The fourth-order valence-corrected chi connectivity index (χ4v) is 16.1. The predicted octanol–water partition coefficient (Wildman–Crippen LogP) is 19.2. The Morgan fingerprint density at radius 2 is 0.865 bits per heavy atom.